The third-order valence-corrected chi connectivity index (χ3v) is 5.03. The van der Waals surface area contributed by atoms with Gasteiger partial charge in [0.2, 0.25) is 0 Å². The molecule has 29 heavy (non-hydrogen) atoms. The highest BCUT2D eigenvalue weighted by atomic mass is 16.4. The van der Waals surface area contributed by atoms with E-state index in [9.17, 15) is 24.3 Å². The SMILES string of the molecule is CCCC(C)(NC(=O)c1ccc2c(c1)C(=O)N(Cc1ccccc1)C2=O)C(=O)O. The van der Waals surface area contributed by atoms with Crippen molar-refractivity contribution in [2.24, 2.45) is 0 Å². The maximum absolute atomic E-state index is 12.8. The number of nitrogens with zero attached hydrogens (tertiary/aromatic N) is 1. The largest absolute Gasteiger partial charge is 0.480 e. The molecule has 1 aliphatic heterocycles. The molecule has 0 radical (unpaired) electrons. The van der Waals surface area contributed by atoms with E-state index < -0.39 is 29.2 Å². The predicted molar refractivity (Wildman–Crippen MR) is 106 cm³/mol. The van der Waals surface area contributed by atoms with E-state index >= 15 is 0 Å². The maximum atomic E-state index is 12.8. The first-order valence-electron chi connectivity index (χ1n) is 9.37. The Balaban J connectivity index is 1.84. The minimum Gasteiger partial charge on any atom is -0.480 e. The fourth-order valence-electron chi connectivity index (χ4n) is 3.39. The first kappa shape index (κ1) is 20.3. The van der Waals surface area contributed by atoms with E-state index in [0.717, 1.165) is 10.5 Å². The lowest BCUT2D eigenvalue weighted by Gasteiger charge is -2.25. The fourth-order valence-corrected chi connectivity index (χ4v) is 3.39. The van der Waals surface area contributed by atoms with Gasteiger partial charge in [-0.15, -0.1) is 0 Å². The molecule has 2 aromatic rings. The molecule has 0 saturated carbocycles. The molecule has 0 spiro atoms. The number of carboxylic acids is 1. The second kappa shape index (κ2) is 7.87. The molecular weight excluding hydrogens is 372 g/mol. The van der Waals surface area contributed by atoms with Crippen molar-refractivity contribution in [2.75, 3.05) is 0 Å². The van der Waals surface area contributed by atoms with Crippen LogP contribution < -0.4 is 5.32 Å². The average molecular weight is 394 g/mol. The molecule has 1 atom stereocenters. The van der Waals surface area contributed by atoms with Crippen molar-refractivity contribution in [1.29, 1.82) is 0 Å². The number of aliphatic carboxylic acids is 1. The van der Waals surface area contributed by atoms with Crippen LogP contribution in [-0.2, 0) is 11.3 Å². The second-order valence-electron chi connectivity index (χ2n) is 7.28. The summed E-state index contributed by atoms with van der Waals surface area (Å²) < 4.78 is 0. The van der Waals surface area contributed by atoms with Crippen molar-refractivity contribution in [1.82, 2.24) is 10.2 Å². The van der Waals surface area contributed by atoms with Crippen LogP contribution in [0.5, 0.6) is 0 Å². The molecule has 1 aliphatic rings. The summed E-state index contributed by atoms with van der Waals surface area (Å²) in [4.78, 5) is 50.7. The number of carboxylic acid groups (broad SMARTS) is 1. The number of carbonyl (C=O) groups is 4. The van der Waals surface area contributed by atoms with Gasteiger partial charge in [-0.2, -0.15) is 0 Å². The fraction of sp³-hybridized carbons (Fsp3) is 0.273. The molecule has 3 amide bonds. The predicted octanol–water partition coefficient (Wildman–Crippen LogP) is 2.86. The zero-order chi connectivity index (χ0) is 21.2. The van der Waals surface area contributed by atoms with Crippen molar-refractivity contribution in [2.45, 2.75) is 38.8 Å². The topological polar surface area (TPSA) is 104 Å². The van der Waals surface area contributed by atoms with Crippen LogP contribution in [0.2, 0.25) is 0 Å². The van der Waals surface area contributed by atoms with Crippen LogP contribution in [0.3, 0.4) is 0 Å². The molecule has 0 aliphatic carbocycles. The summed E-state index contributed by atoms with van der Waals surface area (Å²) >= 11 is 0. The highest BCUT2D eigenvalue weighted by Crippen LogP contribution is 2.26. The van der Waals surface area contributed by atoms with E-state index in [1.165, 1.54) is 25.1 Å². The molecule has 2 N–H and O–H groups in total. The molecule has 2 aromatic carbocycles. The third-order valence-electron chi connectivity index (χ3n) is 5.03. The van der Waals surface area contributed by atoms with Gasteiger partial charge in [0.15, 0.2) is 0 Å². The van der Waals surface area contributed by atoms with E-state index in [0.29, 0.717) is 6.42 Å². The van der Waals surface area contributed by atoms with Gasteiger partial charge in [0, 0.05) is 5.56 Å². The number of rotatable bonds is 7. The first-order valence-corrected chi connectivity index (χ1v) is 9.37. The molecule has 1 heterocycles. The van der Waals surface area contributed by atoms with E-state index in [1.807, 2.05) is 37.3 Å². The Hall–Kier alpha value is -3.48. The van der Waals surface area contributed by atoms with Gasteiger partial charge in [0.05, 0.1) is 17.7 Å². The van der Waals surface area contributed by atoms with Crippen molar-refractivity contribution in [3.63, 3.8) is 0 Å². The minimum absolute atomic E-state index is 0.134. The average Bonchev–Trinajstić information content (AvgIpc) is 2.93. The molecule has 0 fully saturated rings. The van der Waals surface area contributed by atoms with Crippen LogP contribution in [0.1, 0.15) is 63.3 Å². The third kappa shape index (κ3) is 3.89. The number of nitrogens with one attached hydrogen (secondary N) is 1. The van der Waals surface area contributed by atoms with Gasteiger partial charge in [-0.25, -0.2) is 4.79 Å². The van der Waals surface area contributed by atoms with Gasteiger partial charge >= 0.3 is 5.97 Å². The Morgan fingerprint density at radius 1 is 1.03 bits per heavy atom. The molecule has 0 saturated heterocycles. The van der Waals surface area contributed by atoms with Gasteiger partial charge in [-0.3, -0.25) is 19.3 Å². The monoisotopic (exact) mass is 394 g/mol. The molecule has 1 unspecified atom stereocenters. The quantitative estimate of drug-likeness (QED) is 0.703. The summed E-state index contributed by atoms with van der Waals surface area (Å²) in [6, 6.07) is 13.4. The van der Waals surface area contributed by atoms with Gasteiger partial charge in [-0.05, 0) is 37.1 Å². The van der Waals surface area contributed by atoms with Gasteiger partial charge in [0.25, 0.3) is 17.7 Å². The zero-order valence-electron chi connectivity index (χ0n) is 16.3. The summed E-state index contributed by atoms with van der Waals surface area (Å²) in [5, 5.41) is 12.0. The van der Waals surface area contributed by atoms with Crippen LogP contribution in [0.25, 0.3) is 0 Å². The number of hydrogen-bond donors (Lipinski definition) is 2. The summed E-state index contributed by atoms with van der Waals surface area (Å²) in [5.74, 6) is -2.62. The Morgan fingerprint density at radius 2 is 1.69 bits per heavy atom. The molecule has 3 rings (SSSR count). The number of hydrogen-bond acceptors (Lipinski definition) is 4. The maximum Gasteiger partial charge on any atom is 0.329 e. The number of fused-ring (bicyclic) bond motifs is 1. The second-order valence-corrected chi connectivity index (χ2v) is 7.28. The van der Waals surface area contributed by atoms with Crippen LogP contribution >= 0.6 is 0 Å². The first-order chi connectivity index (χ1) is 13.8. The Labute approximate surface area is 168 Å². The Kier molecular flexibility index (Phi) is 5.50. The van der Waals surface area contributed by atoms with Crippen LogP contribution in [-0.4, -0.2) is 39.2 Å². The van der Waals surface area contributed by atoms with Crippen LogP contribution in [0.15, 0.2) is 48.5 Å². The zero-order valence-corrected chi connectivity index (χ0v) is 16.3. The van der Waals surface area contributed by atoms with Crippen molar-refractivity contribution in [3.05, 3.63) is 70.8 Å². The molecule has 7 heteroatoms. The summed E-state index contributed by atoms with van der Waals surface area (Å²) in [7, 11) is 0. The molecule has 0 aromatic heterocycles. The molecule has 7 nitrogen and oxygen atoms in total. The highest BCUT2D eigenvalue weighted by Gasteiger charge is 2.37. The number of carbonyl (C=O) groups excluding carboxylic acids is 3. The van der Waals surface area contributed by atoms with Gasteiger partial charge < -0.3 is 10.4 Å². The molecular formula is C22H22N2O5. The number of benzene rings is 2. The smallest absolute Gasteiger partial charge is 0.329 e. The van der Waals surface area contributed by atoms with Crippen molar-refractivity contribution >= 4 is 23.7 Å². The lowest BCUT2D eigenvalue weighted by molar-refractivity contribution is -0.144. The molecule has 150 valence electrons. The van der Waals surface area contributed by atoms with Crippen molar-refractivity contribution < 1.29 is 24.3 Å². The van der Waals surface area contributed by atoms with E-state index in [-0.39, 0.29) is 29.7 Å². The molecule has 0 bridgehead atoms. The number of amides is 3. The van der Waals surface area contributed by atoms with Gasteiger partial charge in [0.1, 0.15) is 5.54 Å². The highest BCUT2D eigenvalue weighted by molar-refractivity contribution is 6.22. The summed E-state index contributed by atoms with van der Waals surface area (Å²) in [6.07, 6.45) is 0.843. The lowest BCUT2D eigenvalue weighted by Crippen LogP contribution is -2.52. The van der Waals surface area contributed by atoms with E-state index in [2.05, 4.69) is 5.32 Å². The lowest BCUT2D eigenvalue weighted by atomic mass is 9.95. The normalized spacial score (nSPS) is 15.0. The minimum atomic E-state index is -1.41. The standard InChI is InChI=1S/C22H22N2O5/c1-3-11-22(2,21(28)29)23-18(25)15-9-10-16-17(12-15)20(27)24(19(16)26)13-14-7-5-4-6-8-14/h4-10,12H,3,11,13H2,1-2H3,(H,23,25)(H,28,29). The van der Waals surface area contributed by atoms with Gasteiger partial charge in [-0.1, -0.05) is 43.7 Å². The van der Waals surface area contributed by atoms with Crippen LogP contribution in [0.4, 0.5) is 0 Å². The summed E-state index contributed by atoms with van der Waals surface area (Å²) in [5.41, 5.74) is -0.0840. The number of imide groups is 1. The van der Waals surface area contributed by atoms with E-state index in [1.54, 1.807) is 0 Å². The summed E-state index contributed by atoms with van der Waals surface area (Å²) in [6.45, 7) is 3.41. The Morgan fingerprint density at radius 3 is 2.31 bits per heavy atom. The van der Waals surface area contributed by atoms with Crippen molar-refractivity contribution in [3.8, 4) is 0 Å². The van der Waals surface area contributed by atoms with E-state index in [4.69, 9.17) is 0 Å². The van der Waals surface area contributed by atoms with Crippen LogP contribution in [0, 0.1) is 0 Å². The Bertz CT molecular complexity index is 986.